The maximum Gasteiger partial charge on any atom is 0.346 e. The molecule has 0 aromatic carbocycles. The summed E-state index contributed by atoms with van der Waals surface area (Å²) in [5.41, 5.74) is 0.600. The molecule has 1 aromatic heterocycles. The van der Waals surface area contributed by atoms with Crippen LogP contribution in [0.15, 0.2) is 6.07 Å². The summed E-state index contributed by atoms with van der Waals surface area (Å²) in [5.74, 6) is -1.58. The third kappa shape index (κ3) is 3.56. The van der Waals surface area contributed by atoms with E-state index in [9.17, 15) is 14.4 Å². The van der Waals surface area contributed by atoms with Gasteiger partial charge in [0.05, 0.1) is 11.5 Å². The molecule has 2 amide bonds. The van der Waals surface area contributed by atoms with Crippen molar-refractivity contribution >= 4 is 34.1 Å². The average Bonchev–Trinajstić information content (AvgIpc) is 2.58. The van der Waals surface area contributed by atoms with Gasteiger partial charge in [-0.25, -0.2) is 4.79 Å². The van der Waals surface area contributed by atoms with Gasteiger partial charge in [0, 0.05) is 14.0 Å². The molecule has 0 aliphatic heterocycles. The molecule has 0 aliphatic rings. The molecule has 0 atom stereocenters. The van der Waals surface area contributed by atoms with Crippen molar-refractivity contribution in [3.05, 3.63) is 16.5 Å². The Bertz CT molecular complexity index is 495. The van der Waals surface area contributed by atoms with Crippen molar-refractivity contribution in [1.29, 1.82) is 0 Å². The summed E-state index contributed by atoms with van der Waals surface area (Å²) in [6.07, 6.45) is 0. The van der Waals surface area contributed by atoms with Crippen molar-refractivity contribution in [2.45, 2.75) is 13.8 Å². The van der Waals surface area contributed by atoms with Crippen LogP contribution in [0.25, 0.3) is 0 Å². The Morgan fingerprint density at radius 2 is 2.06 bits per heavy atom. The molecule has 1 aromatic rings. The summed E-state index contributed by atoms with van der Waals surface area (Å²) >= 11 is 0.996. The highest BCUT2D eigenvalue weighted by atomic mass is 32.1. The normalized spacial score (nSPS) is 9.94. The lowest BCUT2D eigenvalue weighted by Crippen LogP contribution is -2.33. The van der Waals surface area contributed by atoms with Crippen LogP contribution in [-0.4, -0.2) is 41.4 Å². The third-order valence-electron chi connectivity index (χ3n) is 2.29. The molecule has 18 heavy (non-hydrogen) atoms. The smallest absolute Gasteiger partial charge is 0.346 e. The fourth-order valence-electron chi connectivity index (χ4n) is 1.26. The fraction of sp³-hybridized carbons (Fsp3) is 0.364. The zero-order chi connectivity index (χ0) is 13.9. The Balaban J connectivity index is 2.68. The van der Waals surface area contributed by atoms with Gasteiger partial charge >= 0.3 is 5.97 Å². The van der Waals surface area contributed by atoms with E-state index in [-0.39, 0.29) is 23.2 Å². The van der Waals surface area contributed by atoms with Crippen LogP contribution in [0, 0.1) is 6.92 Å². The van der Waals surface area contributed by atoms with Crippen molar-refractivity contribution in [2.75, 3.05) is 18.9 Å². The lowest BCUT2D eigenvalue weighted by atomic mass is 10.3. The van der Waals surface area contributed by atoms with E-state index in [1.165, 1.54) is 18.9 Å². The summed E-state index contributed by atoms with van der Waals surface area (Å²) in [6, 6.07) is 1.60. The number of rotatable bonds is 4. The molecule has 0 unspecified atom stereocenters. The van der Waals surface area contributed by atoms with Crippen molar-refractivity contribution in [1.82, 2.24) is 4.90 Å². The molecule has 6 nitrogen and oxygen atoms in total. The monoisotopic (exact) mass is 270 g/mol. The number of carboxylic acids is 1. The Labute approximate surface area is 108 Å². The largest absolute Gasteiger partial charge is 0.477 e. The summed E-state index contributed by atoms with van der Waals surface area (Å²) in [6.45, 7) is 2.97. The predicted molar refractivity (Wildman–Crippen MR) is 68.0 cm³/mol. The zero-order valence-electron chi connectivity index (χ0n) is 10.3. The number of hydrogen-bond donors (Lipinski definition) is 2. The van der Waals surface area contributed by atoms with Gasteiger partial charge < -0.3 is 15.3 Å². The molecule has 98 valence electrons. The summed E-state index contributed by atoms with van der Waals surface area (Å²) < 4.78 is 0. The zero-order valence-corrected chi connectivity index (χ0v) is 11.1. The molecule has 0 bridgehead atoms. The van der Waals surface area contributed by atoms with E-state index in [2.05, 4.69) is 5.32 Å². The number of likely N-dealkylation sites (N-methyl/N-ethyl adjacent to an activating group) is 1. The van der Waals surface area contributed by atoms with Gasteiger partial charge in [0.2, 0.25) is 11.8 Å². The molecule has 1 rings (SSSR count). The minimum absolute atomic E-state index is 0.0608. The van der Waals surface area contributed by atoms with E-state index >= 15 is 0 Å². The van der Waals surface area contributed by atoms with Gasteiger partial charge in [-0.1, -0.05) is 0 Å². The lowest BCUT2D eigenvalue weighted by molar-refractivity contribution is -0.131. The number of aromatic carboxylic acids is 1. The molecule has 0 spiro atoms. The lowest BCUT2D eigenvalue weighted by Gasteiger charge is -2.13. The van der Waals surface area contributed by atoms with Crippen molar-refractivity contribution in [2.24, 2.45) is 0 Å². The number of carbonyl (C=O) groups excluding carboxylic acids is 2. The maximum atomic E-state index is 11.6. The van der Waals surface area contributed by atoms with E-state index in [0.717, 1.165) is 11.3 Å². The summed E-state index contributed by atoms with van der Waals surface area (Å²) in [5, 5.41) is 11.9. The number of anilines is 1. The minimum atomic E-state index is -1.01. The van der Waals surface area contributed by atoms with Crippen molar-refractivity contribution in [3.8, 4) is 0 Å². The molecule has 0 radical (unpaired) electrons. The van der Waals surface area contributed by atoms with Gasteiger partial charge in [0.25, 0.3) is 0 Å². The van der Waals surface area contributed by atoms with E-state index in [1.54, 1.807) is 13.0 Å². The minimum Gasteiger partial charge on any atom is -0.477 e. The van der Waals surface area contributed by atoms with Gasteiger partial charge in [-0.05, 0) is 18.6 Å². The molecular formula is C11H14N2O4S. The SMILES string of the molecule is CC(=O)N(C)CC(=O)Nc1cc(C)c(C(=O)O)s1. The number of carbonyl (C=O) groups is 3. The fourth-order valence-corrected chi connectivity index (χ4v) is 2.19. The number of nitrogens with zero attached hydrogens (tertiary/aromatic N) is 1. The Hall–Kier alpha value is -1.89. The van der Waals surface area contributed by atoms with Crippen LogP contribution in [0.3, 0.4) is 0 Å². The van der Waals surface area contributed by atoms with Crippen LogP contribution in [0.1, 0.15) is 22.2 Å². The van der Waals surface area contributed by atoms with Gasteiger partial charge in [-0.2, -0.15) is 0 Å². The van der Waals surface area contributed by atoms with Crippen LogP contribution in [-0.2, 0) is 9.59 Å². The highest BCUT2D eigenvalue weighted by Crippen LogP contribution is 2.26. The molecule has 2 N–H and O–H groups in total. The standard InChI is InChI=1S/C11H14N2O4S/c1-6-4-9(18-10(6)11(16)17)12-8(15)5-13(3)7(2)14/h4H,5H2,1-3H3,(H,12,15)(H,16,17). The number of thiophene rings is 1. The number of carboxylic acid groups (broad SMARTS) is 1. The molecule has 0 fully saturated rings. The third-order valence-corrected chi connectivity index (χ3v) is 3.43. The summed E-state index contributed by atoms with van der Waals surface area (Å²) in [7, 11) is 1.52. The molecule has 1 heterocycles. The van der Waals surface area contributed by atoms with Crippen LogP contribution < -0.4 is 5.32 Å². The van der Waals surface area contributed by atoms with Crippen LogP contribution in [0.2, 0.25) is 0 Å². The molecular weight excluding hydrogens is 256 g/mol. The topological polar surface area (TPSA) is 86.7 Å². The quantitative estimate of drug-likeness (QED) is 0.859. The van der Waals surface area contributed by atoms with E-state index in [1.807, 2.05) is 0 Å². The van der Waals surface area contributed by atoms with Crippen LogP contribution in [0.5, 0.6) is 0 Å². The second kappa shape index (κ2) is 5.63. The number of aryl methyl sites for hydroxylation is 1. The van der Waals surface area contributed by atoms with Gasteiger partial charge in [0.15, 0.2) is 0 Å². The Morgan fingerprint density at radius 1 is 1.44 bits per heavy atom. The summed E-state index contributed by atoms with van der Waals surface area (Å²) in [4.78, 5) is 34.8. The number of hydrogen-bond acceptors (Lipinski definition) is 4. The first-order valence-electron chi connectivity index (χ1n) is 5.16. The Morgan fingerprint density at radius 3 is 2.50 bits per heavy atom. The number of nitrogens with one attached hydrogen (secondary N) is 1. The van der Waals surface area contributed by atoms with Gasteiger partial charge in [-0.15, -0.1) is 11.3 Å². The second-order valence-corrected chi connectivity index (χ2v) is 4.90. The van der Waals surface area contributed by atoms with Gasteiger partial charge in [-0.3, -0.25) is 9.59 Å². The molecule has 0 saturated heterocycles. The first-order chi connectivity index (χ1) is 8.31. The molecule has 0 saturated carbocycles. The Kier molecular flexibility index (Phi) is 4.43. The van der Waals surface area contributed by atoms with Crippen molar-refractivity contribution in [3.63, 3.8) is 0 Å². The van der Waals surface area contributed by atoms with E-state index < -0.39 is 5.97 Å². The van der Waals surface area contributed by atoms with Crippen molar-refractivity contribution < 1.29 is 19.5 Å². The van der Waals surface area contributed by atoms with Crippen LogP contribution in [0.4, 0.5) is 5.00 Å². The van der Waals surface area contributed by atoms with Crippen LogP contribution >= 0.6 is 11.3 Å². The average molecular weight is 270 g/mol. The van der Waals surface area contributed by atoms with E-state index in [4.69, 9.17) is 5.11 Å². The maximum absolute atomic E-state index is 11.6. The van der Waals surface area contributed by atoms with E-state index in [0.29, 0.717) is 10.6 Å². The highest BCUT2D eigenvalue weighted by molar-refractivity contribution is 7.18. The van der Waals surface area contributed by atoms with Gasteiger partial charge in [0.1, 0.15) is 4.88 Å². The first kappa shape index (κ1) is 14.2. The number of amides is 2. The first-order valence-corrected chi connectivity index (χ1v) is 5.98. The molecule has 7 heteroatoms. The highest BCUT2D eigenvalue weighted by Gasteiger charge is 2.14. The molecule has 0 aliphatic carbocycles. The second-order valence-electron chi connectivity index (χ2n) is 3.85. The predicted octanol–water partition coefficient (Wildman–Crippen LogP) is 1.17.